The van der Waals surface area contributed by atoms with Crippen LogP contribution in [0.3, 0.4) is 0 Å². The van der Waals surface area contributed by atoms with Gasteiger partial charge in [-0.15, -0.1) is 0 Å². The molecule has 3 N–H and O–H groups in total. The number of allylic oxidation sites excluding steroid dienone is 2. The molecule has 0 amide bonds. The summed E-state index contributed by atoms with van der Waals surface area (Å²) in [5.41, 5.74) is 5.42. The molecule has 0 aromatic heterocycles. The molecular weight excluding hydrogens is 100 g/mol. The number of hydrogen-bond donors (Lipinski definition) is 2. The van der Waals surface area contributed by atoms with E-state index in [1.165, 1.54) is 0 Å². The van der Waals surface area contributed by atoms with Crippen LogP contribution in [0.25, 0.3) is 0 Å². The minimum absolute atomic E-state index is 0.389. The summed E-state index contributed by atoms with van der Waals surface area (Å²) >= 11 is 0. The highest BCUT2D eigenvalue weighted by Crippen LogP contribution is 1.94. The van der Waals surface area contributed by atoms with Gasteiger partial charge in [0, 0.05) is 6.04 Å². The van der Waals surface area contributed by atoms with Crippen molar-refractivity contribution in [2.75, 3.05) is 0 Å². The van der Waals surface area contributed by atoms with Crippen molar-refractivity contribution in [3.63, 3.8) is 0 Å². The molecule has 0 aromatic rings. The zero-order chi connectivity index (χ0) is 5.98. The molecule has 0 radical (unpaired) electrons. The maximum Gasteiger partial charge on any atom is 0.0964 e. The van der Waals surface area contributed by atoms with Crippen molar-refractivity contribution in [3.05, 3.63) is 24.0 Å². The molecule has 0 fully saturated rings. The molecule has 2 nitrogen and oxygen atoms in total. The Labute approximate surface area is 49.1 Å². The second kappa shape index (κ2) is 1.90. The van der Waals surface area contributed by atoms with Gasteiger partial charge in [-0.3, -0.25) is 0 Å². The number of nitrogens with one attached hydrogen (secondary N) is 1. The third kappa shape index (κ3) is 1.03. The van der Waals surface area contributed by atoms with Crippen molar-refractivity contribution in [2.45, 2.75) is 13.0 Å². The fraction of sp³-hybridized carbons (Fsp3) is 0.333. The van der Waals surface area contributed by atoms with E-state index < -0.39 is 0 Å². The first kappa shape index (κ1) is 5.22. The van der Waals surface area contributed by atoms with E-state index in [2.05, 4.69) is 18.3 Å². The van der Waals surface area contributed by atoms with Crippen molar-refractivity contribution in [3.8, 4) is 0 Å². The van der Waals surface area contributed by atoms with Gasteiger partial charge >= 0.3 is 0 Å². The zero-order valence-corrected chi connectivity index (χ0v) is 4.89. The number of hydrogen-bond acceptors (Lipinski definition) is 2. The largest absolute Gasteiger partial charge is 0.386 e. The summed E-state index contributed by atoms with van der Waals surface area (Å²) in [5, 5.41) is 3.03. The maximum absolute atomic E-state index is 5.42. The molecule has 0 aliphatic carbocycles. The van der Waals surface area contributed by atoms with Gasteiger partial charge in [-0.05, 0) is 13.0 Å². The van der Waals surface area contributed by atoms with Crippen LogP contribution in [0, 0.1) is 0 Å². The van der Waals surface area contributed by atoms with Gasteiger partial charge in [-0.2, -0.15) is 0 Å². The quantitative estimate of drug-likeness (QED) is 0.471. The lowest BCUT2D eigenvalue weighted by atomic mass is 10.2. The number of nitrogens with two attached hydrogens (primary N) is 1. The zero-order valence-electron chi connectivity index (χ0n) is 4.89. The van der Waals surface area contributed by atoms with Crippen LogP contribution in [0.5, 0.6) is 0 Å². The molecule has 2 heteroatoms. The Bertz CT molecular complexity index is 135. The van der Waals surface area contributed by atoms with Gasteiger partial charge in [0.15, 0.2) is 0 Å². The SMILES string of the molecule is CC1C=CC=C(N)N1. The molecular formula is C6H10N2. The van der Waals surface area contributed by atoms with E-state index in [0.717, 1.165) is 5.82 Å². The van der Waals surface area contributed by atoms with Gasteiger partial charge in [-0.25, -0.2) is 0 Å². The minimum Gasteiger partial charge on any atom is -0.386 e. The Morgan fingerprint density at radius 1 is 1.75 bits per heavy atom. The van der Waals surface area contributed by atoms with E-state index in [9.17, 15) is 0 Å². The second-order valence-electron chi connectivity index (χ2n) is 1.94. The summed E-state index contributed by atoms with van der Waals surface area (Å²) in [7, 11) is 0. The van der Waals surface area contributed by atoms with Crippen molar-refractivity contribution in [1.82, 2.24) is 5.32 Å². The van der Waals surface area contributed by atoms with E-state index in [0.29, 0.717) is 6.04 Å². The second-order valence-corrected chi connectivity index (χ2v) is 1.94. The van der Waals surface area contributed by atoms with Crippen LogP contribution in [-0.2, 0) is 0 Å². The molecule has 1 aliphatic heterocycles. The third-order valence-corrected chi connectivity index (χ3v) is 1.07. The molecule has 0 saturated heterocycles. The van der Waals surface area contributed by atoms with Crippen LogP contribution in [-0.4, -0.2) is 6.04 Å². The van der Waals surface area contributed by atoms with Gasteiger partial charge < -0.3 is 11.1 Å². The average molecular weight is 110 g/mol. The maximum atomic E-state index is 5.42. The van der Waals surface area contributed by atoms with E-state index in [1.54, 1.807) is 0 Å². The van der Waals surface area contributed by atoms with E-state index in [-0.39, 0.29) is 0 Å². The molecule has 0 saturated carbocycles. The normalized spacial score (nSPS) is 26.6. The lowest BCUT2D eigenvalue weighted by Gasteiger charge is -2.13. The molecule has 0 bridgehead atoms. The van der Waals surface area contributed by atoms with Crippen LogP contribution in [0.1, 0.15) is 6.92 Å². The Morgan fingerprint density at radius 3 is 2.88 bits per heavy atom. The average Bonchev–Trinajstić information content (AvgIpc) is 1.64. The Morgan fingerprint density at radius 2 is 2.50 bits per heavy atom. The predicted molar refractivity (Wildman–Crippen MR) is 34.0 cm³/mol. The number of rotatable bonds is 0. The van der Waals surface area contributed by atoms with Crippen molar-refractivity contribution in [1.29, 1.82) is 0 Å². The highest BCUT2D eigenvalue weighted by atomic mass is 15.0. The van der Waals surface area contributed by atoms with Gasteiger partial charge in [0.2, 0.25) is 0 Å². The van der Waals surface area contributed by atoms with Crippen LogP contribution >= 0.6 is 0 Å². The molecule has 1 atom stereocenters. The first-order valence-electron chi connectivity index (χ1n) is 2.69. The fourth-order valence-corrected chi connectivity index (χ4v) is 0.685. The minimum atomic E-state index is 0.389. The van der Waals surface area contributed by atoms with Gasteiger partial charge in [0.05, 0.1) is 5.82 Å². The van der Waals surface area contributed by atoms with Gasteiger partial charge in [-0.1, -0.05) is 12.2 Å². The first-order valence-corrected chi connectivity index (χ1v) is 2.69. The van der Waals surface area contributed by atoms with Crippen molar-refractivity contribution >= 4 is 0 Å². The van der Waals surface area contributed by atoms with Crippen LogP contribution < -0.4 is 11.1 Å². The standard InChI is InChI=1S/C6H10N2/c1-5-3-2-4-6(7)8-5/h2-5,8H,7H2,1H3. The number of dihydropyridines is 1. The molecule has 1 rings (SSSR count). The van der Waals surface area contributed by atoms with E-state index in [1.807, 2.05) is 12.2 Å². The van der Waals surface area contributed by atoms with Gasteiger partial charge in [0.1, 0.15) is 0 Å². The molecule has 0 spiro atoms. The summed E-state index contributed by atoms with van der Waals surface area (Å²) in [4.78, 5) is 0. The smallest absolute Gasteiger partial charge is 0.0964 e. The molecule has 44 valence electrons. The van der Waals surface area contributed by atoms with Crippen molar-refractivity contribution in [2.24, 2.45) is 5.73 Å². The van der Waals surface area contributed by atoms with Crippen LogP contribution in [0.2, 0.25) is 0 Å². The van der Waals surface area contributed by atoms with Gasteiger partial charge in [0.25, 0.3) is 0 Å². The predicted octanol–water partition coefficient (Wildman–Crippen LogP) is 0.334. The third-order valence-electron chi connectivity index (χ3n) is 1.07. The summed E-state index contributed by atoms with van der Waals surface area (Å²) < 4.78 is 0. The molecule has 1 unspecified atom stereocenters. The lowest BCUT2D eigenvalue weighted by molar-refractivity contribution is 0.710. The molecule has 1 heterocycles. The summed E-state index contributed by atoms with van der Waals surface area (Å²) in [6, 6.07) is 0.389. The summed E-state index contributed by atoms with van der Waals surface area (Å²) in [6.45, 7) is 2.05. The van der Waals surface area contributed by atoms with Crippen molar-refractivity contribution < 1.29 is 0 Å². The first-order chi connectivity index (χ1) is 3.79. The van der Waals surface area contributed by atoms with Crippen LogP contribution in [0.15, 0.2) is 24.0 Å². The summed E-state index contributed by atoms with van der Waals surface area (Å²) in [5.74, 6) is 0.750. The fourth-order valence-electron chi connectivity index (χ4n) is 0.685. The lowest BCUT2D eigenvalue weighted by Crippen LogP contribution is -2.29. The summed E-state index contributed by atoms with van der Waals surface area (Å²) in [6.07, 6.45) is 5.85. The Hall–Kier alpha value is -0.920. The monoisotopic (exact) mass is 110 g/mol. The van der Waals surface area contributed by atoms with Crippen LogP contribution in [0.4, 0.5) is 0 Å². The molecule has 1 aliphatic rings. The Kier molecular flexibility index (Phi) is 1.24. The Balaban J connectivity index is 2.59. The topological polar surface area (TPSA) is 38.0 Å². The highest BCUT2D eigenvalue weighted by molar-refractivity contribution is 5.16. The molecule has 0 aromatic carbocycles. The van der Waals surface area contributed by atoms with E-state index >= 15 is 0 Å². The van der Waals surface area contributed by atoms with E-state index in [4.69, 9.17) is 5.73 Å². The highest BCUT2D eigenvalue weighted by Gasteiger charge is 1.97. The molecule has 8 heavy (non-hydrogen) atoms.